The Morgan fingerprint density at radius 3 is 2.28 bits per heavy atom. The Balaban J connectivity index is 2.64. The van der Waals surface area contributed by atoms with Gasteiger partial charge in [0.25, 0.3) is 0 Å². The molecule has 0 aliphatic heterocycles. The standard InChI is InChI=1S/C13H21NO3S/c1-11(2)8-9-18(16,17)14(3)10-12-4-6-13(15)7-5-12/h4-7,11,15H,8-10H2,1-3H3. The number of sulfonamides is 1. The van der Waals surface area contributed by atoms with E-state index in [2.05, 4.69) is 0 Å². The number of nitrogens with zero attached hydrogens (tertiary/aromatic N) is 1. The number of hydrogen-bond donors (Lipinski definition) is 1. The minimum atomic E-state index is -3.19. The monoisotopic (exact) mass is 271 g/mol. The Labute approximate surface area is 109 Å². The highest BCUT2D eigenvalue weighted by Crippen LogP contribution is 2.14. The topological polar surface area (TPSA) is 57.6 Å². The molecule has 18 heavy (non-hydrogen) atoms. The molecule has 0 radical (unpaired) electrons. The first kappa shape index (κ1) is 15.0. The summed E-state index contributed by atoms with van der Waals surface area (Å²) in [5.41, 5.74) is 0.864. The van der Waals surface area contributed by atoms with Gasteiger partial charge in [-0.1, -0.05) is 26.0 Å². The molecule has 0 aliphatic rings. The number of rotatable bonds is 6. The zero-order valence-corrected chi connectivity index (χ0v) is 11.9. The molecule has 4 nitrogen and oxygen atoms in total. The molecule has 0 aromatic heterocycles. The number of phenols is 1. The van der Waals surface area contributed by atoms with Crippen LogP contribution in [0.1, 0.15) is 25.8 Å². The van der Waals surface area contributed by atoms with Gasteiger partial charge >= 0.3 is 0 Å². The minimum absolute atomic E-state index is 0.180. The molecule has 0 amide bonds. The van der Waals surface area contributed by atoms with Crippen LogP contribution in [0.2, 0.25) is 0 Å². The minimum Gasteiger partial charge on any atom is -0.508 e. The lowest BCUT2D eigenvalue weighted by atomic mass is 10.2. The number of hydrogen-bond acceptors (Lipinski definition) is 3. The van der Waals surface area contributed by atoms with E-state index in [1.807, 2.05) is 13.8 Å². The van der Waals surface area contributed by atoms with Crippen molar-refractivity contribution in [2.75, 3.05) is 12.8 Å². The first-order valence-corrected chi connectivity index (χ1v) is 7.64. The third kappa shape index (κ3) is 4.66. The van der Waals surface area contributed by atoms with Crippen LogP contribution in [0.3, 0.4) is 0 Å². The molecule has 0 heterocycles. The van der Waals surface area contributed by atoms with Gasteiger partial charge in [0, 0.05) is 13.6 Å². The fourth-order valence-electron chi connectivity index (χ4n) is 1.50. The number of aromatic hydroxyl groups is 1. The molecular weight excluding hydrogens is 250 g/mol. The number of benzene rings is 1. The van der Waals surface area contributed by atoms with Crippen LogP contribution in [-0.2, 0) is 16.6 Å². The van der Waals surface area contributed by atoms with Gasteiger partial charge in [-0.25, -0.2) is 12.7 Å². The quantitative estimate of drug-likeness (QED) is 0.863. The van der Waals surface area contributed by atoms with Crippen LogP contribution in [0, 0.1) is 5.92 Å². The summed E-state index contributed by atoms with van der Waals surface area (Å²) < 4.78 is 25.3. The second-order valence-electron chi connectivity index (χ2n) is 4.92. The van der Waals surface area contributed by atoms with Crippen LogP contribution < -0.4 is 0 Å². The van der Waals surface area contributed by atoms with E-state index in [9.17, 15) is 8.42 Å². The SMILES string of the molecule is CC(C)CCS(=O)(=O)N(C)Cc1ccc(O)cc1. The van der Waals surface area contributed by atoms with Gasteiger partial charge in [-0.2, -0.15) is 0 Å². The Hall–Kier alpha value is -1.07. The fraction of sp³-hybridized carbons (Fsp3) is 0.538. The van der Waals surface area contributed by atoms with E-state index >= 15 is 0 Å². The summed E-state index contributed by atoms with van der Waals surface area (Å²) in [7, 11) is -1.61. The first-order valence-electron chi connectivity index (χ1n) is 6.03. The molecule has 1 N–H and O–H groups in total. The van der Waals surface area contributed by atoms with E-state index in [1.165, 1.54) is 4.31 Å². The third-order valence-electron chi connectivity index (χ3n) is 2.77. The Kier molecular flexibility index (Phi) is 5.16. The molecule has 0 bridgehead atoms. The molecule has 5 heteroatoms. The second-order valence-corrected chi connectivity index (χ2v) is 7.12. The molecule has 102 valence electrons. The largest absolute Gasteiger partial charge is 0.508 e. The Morgan fingerprint density at radius 1 is 1.22 bits per heavy atom. The smallest absolute Gasteiger partial charge is 0.214 e. The summed E-state index contributed by atoms with van der Waals surface area (Å²) in [5, 5.41) is 9.16. The normalized spacial score (nSPS) is 12.3. The van der Waals surface area contributed by atoms with Gasteiger partial charge < -0.3 is 5.11 Å². The molecule has 0 saturated carbocycles. The van der Waals surface area contributed by atoms with Gasteiger partial charge in [0.05, 0.1) is 5.75 Å². The van der Waals surface area contributed by atoms with E-state index in [0.29, 0.717) is 18.9 Å². The van der Waals surface area contributed by atoms with E-state index in [4.69, 9.17) is 5.11 Å². The van der Waals surface area contributed by atoms with Crippen molar-refractivity contribution in [1.82, 2.24) is 4.31 Å². The molecule has 0 spiro atoms. The van der Waals surface area contributed by atoms with Crippen LogP contribution in [0.5, 0.6) is 5.75 Å². The van der Waals surface area contributed by atoms with Crippen LogP contribution in [0.15, 0.2) is 24.3 Å². The lowest BCUT2D eigenvalue weighted by Crippen LogP contribution is -2.29. The number of phenolic OH excluding ortho intramolecular Hbond substituents is 1. The van der Waals surface area contributed by atoms with Crippen molar-refractivity contribution < 1.29 is 13.5 Å². The van der Waals surface area contributed by atoms with Crippen molar-refractivity contribution in [2.45, 2.75) is 26.8 Å². The van der Waals surface area contributed by atoms with E-state index in [0.717, 1.165) is 5.56 Å². The predicted octanol–water partition coefficient (Wildman–Crippen LogP) is 2.20. The summed E-state index contributed by atoms with van der Waals surface area (Å²) >= 11 is 0. The summed E-state index contributed by atoms with van der Waals surface area (Å²) in [5.74, 6) is 0.741. The molecule has 1 aromatic rings. The van der Waals surface area contributed by atoms with Gasteiger partial charge in [0.2, 0.25) is 10.0 Å². The summed E-state index contributed by atoms with van der Waals surface area (Å²) in [6.07, 6.45) is 0.669. The van der Waals surface area contributed by atoms with Gasteiger partial charge in [0.15, 0.2) is 0 Å². The lowest BCUT2D eigenvalue weighted by molar-refractivity contribution is 0.458. The maximum atomic E-state index is 12.0. The van der Waals surface area contributed by atoms with Crippen molar-refractivity contribution in [2.24, 2.45) is 5.92 Å². The summed E-state index contributed by atoms with van der Waals surface area (Å²) in [4.78, 5) is 0. The van der Waals surface area contributed by atoms with Crippen LogP contribution in [-0.4, -0.2) is 30.6 Å². The summed E-state index contributed by atoms with van der Waals surface area (Å²) in [6, 6.07) is 6.57. The highest BCUT2D eigenvalue weighted by atomic mass is 32.2. The van der Waals surface area contributed by atoms with E-state index < -0.39 is 10.0 Å². The van der Waals surface area contributed by atoms with Crippen molar-refractivity contribution in [1.29, 1.82) is 0 Å². The van der Waals surface area contributed by atoms with Crippen LogP contribution in [0.4, 0.5) is 0 Å². The maximum Gasteiger partial charge on any atom is 0.214 e. The first-order chi connectivity index (χ1) is 8.31. The highest BCUT2D eigenvalue weighted by Gasteiger charge is 2.18. The summed E-state index contributed by atoms with van der Waals surface area (Å²) in [6.45, 7) is 4.35. The van der Waals surface area contributed by atoms with Crippen LogP contribution >= 0.6 is 0 Å². The molecule has 1 rings (SSSR count). The van der Waals surface area contributed by atoms with Crippen LogP contribution in [0.25, 0.3) is 0 Å². The maximum absolute atomic E-state index is 12.0. The molecule has 0 aliphatic carbocycles. The van der Waals surface area contributed by atoms with Gasteiger partial charge in [-0.15, -0.1) is 0 Å². The third-order valence-corrected chi connectivity index (χ3v) is 4.60. The van der Waals surface area contributed by atoms with Gasteiger partial charge in [-0.05, 0) is 30.0 Å². The molecule has 0 atom stereocenters. The van der Waals surface area contributed by atoms with Crippen molar-refractivity contribution in [3.63, 3.8) is 0 Å². The second kappa shape index (κ2) is 6.20. The van der Waals surface area contributed by atoms with Crippen molar-refractivity contribution in [3.05, 3.63) is 29.8 Å². The molecule has 0 fully saturated rings. The molecule has 0 unspecified atom stereocenters. The van der Waals surface area contributed by atoms with E-state index in [1.54, 1.807) is 31.3 Å². The highest BCUT2D eigenvalue weighted by molar-refractivity contribution is 7.89. The van der Waals surface area contributed by atoms with Gasteiger partial charge in [-0.3, -0.25) is 0 Å². The molecular formula is C13H21NO3S. The Bertz CT molecular complexity index is 466. The zero-order chi connectivity index (χ0) is 13.8. The fourth-order valence-corrected chi connectivity index (χ4v) is 2.92. The lowest BCUT2D eigenvalue weighted by Gasteiger charge is -2.18. The average molecular weight is 271 g/mol. The molecule has 0 saturated heterocycles. The van der Waals surface area contributed by atoms with Crippen molar-refractivity contribution >= 4 is 10.0 Å². The Morgan fingerprint density at radius 2 is 1.78 bits per heavy atom. The zero-order valence-electron chi connectivity index (χ0n) is 11.1. The van der Waals surface area contributed by atoms with Gasteiger partial charge in [0.1, 0.15) is 5.75 Å². The van der Waals surface area contributed by atoms with E-state index in [-0.39, 0.29) is 11.5 Å². The molecule has 1 aromatic carbocycles. The van der Waals surface area contributed by atoms with Crippen molar-refractivity contribution in [3.8, 4) is 5.75 Å². The average Bonchev–Trinajstić information content (AvgIpc) is 2.29. The predicted molar refractivity (Wildman–Crippen MR) is 72.8 cm³/mol.